The molecule has 0 saturated heterocycles. The molecule has 2 aromatic heterocycles. The largest absolute Gasteiger partial charge is 0.349 e. The molecule has 3 heterocycles. The summed E-state index contributed by atoms with van der Waals surface area (Å²) < 4.78 is 15.7. The van der Waals surface area contributed by atoms with E-state index in [0.717, 1.165) is 5.69 Å². The Hall–Kier alpha value is -2.31. The molecule has 0 fully saturated rings. The zero-order chi connectivity index (χ0) is 15.1. The molecule has 0 aromatic carbocycles. The lowest BCUT2D eigenvalue weighted by atomic mass is 10.1. The molecule has 110 valence electrons. The number of halogens is 1. The predicted molar refractivity (Wildman–Crippen MR) is 75.7 cm³/mol. The lowest BCUT2D eigenvalue weighted by Gasteiger charge is -2.29. The molecule has 0 bridgehead atoms. The van der Waals surface area contributed by atoms with Gasteiger partial charge in [0.05, 0.1) is 23.5 Å². The summed E-state index contributed by atoms with van der Waals surface area (Å²) in [5.41, 5.74) is 1.65. The third-order valence-corrected chi connectivity index (χ3v) is 3.91. The van der Waals surface area contributed by atoms with Crippen molar-refractivity contribution in [2.24, 2.45) is 7.05 Å². The van der Waals surface area contributed by atoms with Gasteiger partial charge in [-0.1, -0.05) is 0 Å². The fraction of sp³-hybridized carbons (Fsp3) is 0.429. The summed E-state index contributed by atoms with van der Waals surface area (Å²) in [4.78, 5) is 26.4. The average molecular weight is 289 g/mol. The second-order valence-electron chi connectivity index (χ2n) is 5.22. The summed E-state index contributed by atoms with van der Waals surface area (Å²) in [7, 11) is 1.69. The topological polar surface area (TPSA) is 63.9 Å². The molecule has 7 heteroatoms. The number of anilines is 1. The van der Waals surface area contributed by atoms with Gasteiger partial charge in [-0.3, -0.25) is 9.36 Å². The molecular weight excluding hydrogens is 273 g/mol. The zero-order valence-corrected chi connectivity index (χ0v) is 12.2. The predicted octanol–water partition coefficient (Wildman–Crippen LogP) is 0.889. The second kappa shape index (κ2) is 4.91. The maximum Gasteiger partial charge on any atom is 0.258 e. The van der Waals surface area contributed by atoms with E-state index in [1.807, 2.05) is 6.92 Å². The van der Waals surface area contributed by atoms with Crippen molar-refractivity contribution >= 4 is 5.82 Å². The molecule has 1 aliphatic rings. The Bertz CT molecular complexity index is 771. The number of hydrogen-bond donors (Lipinski definition) is 0. The van der Waals surface area contributed by atoms with E-state index >= 15 is 0 Å². The first-order valence-corrected chi connectivity index (χ1v) is 6.76. The summed E-state index contributed by atoms with van der Waals surface area (Å²) in [6.07, 6.45) is 1.95. The van der Waals surface area contributed by atoms with Crippen molar-refractivity contribution in [3.8, 4) is 0 Å². The first-order valence-electron chi connectivity index (χ1n) is 6.76. The Morgan fingerprint density at radius 2 is 2.05 bits per heavy atom. The van der Waals surface area contributed by atoms with E-state index in [-0.39, 0.29) is 11.4 Å². The molecular formula is C14H16FN5O. The Balaban J connectivity index is 2.04. The maximum absolute atomic E-state index is 14.1. The molecule has 6 nitrogen and oxygen atoms in total. The molecule has 0 spiro atoms. The summed E-state index contributed by atoms with van der Waals surface area (Å²) in [6, 6.07) is 0. The van der Waals surface area contributed by atoms with Gasteiger partial charge in [-0.2, -0.15) is 0 Å². The quantitative estimate of drug-likeness (QED) is 0.780. The van der Waals surface area contributed by atoms with Gasteiger partial charge < -0.3 is 4.90 Å². The van der Waals surface area contributed by atoms with Gasteiger partial charge >= 0.3 is 0 Å². The molecule has 1 aliphatic heterocycles. The van der Waals surface area contributed by atoms with E-state index in [1.54, 1.807) is 18.9 Å². The van der Waals surface area contributed by atoms with Gasteiger partial charge in [0.2, 0.25) is 0 Å². The fourth-order valence-electron chi connectivity index (χ4n) is 2.53. The highest BCUT2D eigenvalue weighted by atomic mass is 19.1. The van der Waals surface area contributed by atoms with E-state index in [9.17, 15) is 9.18 Å². The Kier molecular flexibility index (Phi) is 3.19. The fourth-order valence-corrected chi connectivity index (χ4v) is 2.53. The summed E-state index contributed by atoms with van der Waals surface area (Å²) >= 11 is 0. The molecule has 21 heavy (non-hydrogen) atoms. The van der Waals surface area contributed by atoms with Crippen LogP contribution in [0.25, 0.3) is 0 Å². The van der Waals surface area contributed by atoms with E-state index in [0.29, 0.717) is 36.6 Å². The van der Waals surface area contributed by atoms with Crippen LogP contribution in [0.5, 0.6) is 0 Å². The zero-order valence-electron chi connectivity index (χ0n) is 12.2. The SMILES string of the molecule is Cc1ncnc(N2CCc3nc(C)n(C)c(=O)c3C2)c1F. The monoisotopic (exact) mass is 289 g/mol. The average Bonchev–Trinajstić information content (AvgIpc) is 2.48. The highest BCUT2D eigenvalue weighted by Crippen LogP contribution is 2.23. The van der Waals surface area contributed by atoms with Crippen LogP contribution in [0.15, 0.2) is 11.1 Å². The number of rotatable bonds is 1. The van der Waals surface area contributed by atoms with Crippen LogP contribution in [0.2, 0.25) is 0 Å². The van der Waals surface area contributed by atoms with Crippen molar-refractivity contribution in [1.29, 1.82) is 0 Å². The van der Waals surface area contributed by atoms with Gasteiger partial charge in [-0.25, -0.2) is 19.3 Å². The van der Waals surface area contributed by atoms with Crippen molar-refractivity contribution < 1.29 is 4.39 Å². The van der Waals surface area contributed by atoms with Crippen LogP contribution in [0, 0.1) is 19.7 Å². The lowest BCUT2D eigenvalue weighted by molar-refractivity contribution is 0.577. The highest BCUT2D eigenvalue weighted by molar-refractivity contribution is 5.44. The number of aryl methyl sites for hydroxylation is 2. The minimum Gasteiger partial charge on any atom is -0.349 e. The van der Waals surface area contributed by atoms with Gasteiger partial charge in [0.25, 0.3) is 5.56 Å². The van der Waals surface area contributed by atoms with Gasteiger partial charge in [0.15, 0.2) is 11.6 Å². The van der Waals surface area contributed by atoms with Crippen molar-refractivity contribution in [2.45, 2.75) is 26.8 Å². The van der Waals surface area contributed by atoms with E-state index in [2.05, 4.69) is 15.0 Å². The van der Waals surface area contributed by atoms with Crippen LogP contribution in [0.3, 0.4) is 0 Å². The molecule has 0 aliphatic carbocycles. The number of nitrogens with zero attached hydrogens (tertiary/aromatic N) is 5. The molecule has 0 radical (unpaired) electrons. The van der Waals surface area contributed by atoms with Crippen LogP contribution in [-0.2, 0) is 20.0 Å². The smallest absolute Gasteiger partial charge is 0.258 e. The molecule has 3 rings (SSSR count). The van der Waals surface area contributed by atoms with Crippen molar-refractivity contribution in [3.05, 3.63) is 45.3 Å². The van der Waals surface area contributed by atoms with Crippen LogP contribution in [-0.4, -0.2) is 26.1 Å². The summed E-state index contributed by atoms with van der Waals surface area (Å²) in [6.45, 7) is 4.31. The maximum atomic E-state index is 14.1. The van der Waals surface area contributed by atoms with E-state index < -0.39 is 5.82 Å². The van der Waals surface area contributed by atoms with Crippen molar-refractivity contribution in [1.82, 2.24) is 19.5 Å². The summed E-state index contributed by atoms with van der Waals surface area (Å²) in [5, 5.41) is 0. The first-order chi connectivity index (χ1) is 9.99. The summed E-state index contributed by atoms with van der Waals surface area (Å²) in [5.74, 6) is 0.505. The standard InChI is InChI=1S/C14H16FN5O/c1-8-12(15)13(17-7-16-8)20-5-4-11-10(6-20)14(21)19(3)9(2)18-11/h7H,4-6H2,1-3H3. The lowest BCUT2D eigenvalue weighted by Crippen LogP contribution is -2.39. The number of fused-ring (bicyclic) bond motifs is 1. The molecule has 0 N–H and O–H groups in total. The van der Waals surface area contributed by atoms with E-state index in [1.165, 1.54) is 10.9 Å². The van der Waals surface area contributed by atoms with Gasteiger partial charge in [-0.05, 0) is 13.8 Å². The Labute approximate surface area is 121 Å². The van der Waals surface area contributed by atoms with Crippen LogP contribution in [0.4, 0.5) is 10.2 Å². The number of hydrogen-bond acceptors (Lipinski definition) is 5. The highest BCUT2D eigenvalue weighted by Gasteiger charge is 2.25. The third kappa shape index (κ3) is 2.18. The van der Waals surface area contributed by atoms with Crippen molar-refractivity contribution in [2.75, 3.05) is 11.4 Å². The van der Waals surface area contributed by atoms with Crippen LogP contribution in [0.1, 0.15) is 22.8 Å². The minimum atomic E-state index is -0.433. The first kappa shape index (κ1) is 13.7. The van der Waals surface area contributed by atoms with Gasteiger partial charge in [0, 0.05) is 20.0 Å². The Morgan fingerprint density at radius 3 is 2.81 bits per heavy atom. The third-order valence-electron chi connectivity index (χ3n) is 3.91. The minimum absolute atomic E-state index is 0.0756. The Morgan fingerprint density at radius 1 is 1.29 bits per heavy atom. The number of aromatic nitrogens is 4. The molecule has 0 saturated carbocycles. The van der Waals surface area contributed by atoms with Crippen molar-refractivity contribution in [3.63, 3.8) is 0 Å². The van der Waals surface area contributed by atoms with Gasteiger partial charge in [0.1, 0.15) is 12.2 Å². The second-order valence-corrected chi connectivity index (χ2v) is 5.22. The van der Waals surface area contributed by atoms with Crippen LogP contribution >= 0.6 is 0 Å². The van der Waals surface area contributed by atoms with Crippen LogP contribution < -0.4 is 10.5 Å². The van der Waals surface area contributed by atoms with Gasteiger partial charge in [-0.15, -0.1) is 0 Å². The molecule has 0 unspecified atom stereocenters. The molecule has 2 aromatic rings. The molecule has 0 atom stereocenters. The van der Waals surface area contributed by atoms with E-state index in [4.69, 9.17) is 0 Å². The normalized spacial score (nSPS) is 14.2. The molecule has 0 amide bonds.